The Hall–Kier alpha value is -2.44. The Balaban J connectivity index is 1.83. The van der Waals surface area contributed by atoms with Crippen LogP contribution in [0.15, 0.2) is 47.3 Å². The second-order valence-corrected chi connectivity index (χ2v) is 5.36. The van der Waals surface area contributed by atoms with Crippen LogP contribution in [0.5, 0.6) is 0 Å². The van der Waals surface area contributed by atoms with Crippen molar-refractivity contribution in [2.24, 2.45) is 0 Å². The molecule has 0 radical (unpaired) electrons. The summed E-state index contributed by atoms with van der Waals surface area (Å²) in [6.45, 7) is -0.377. The van der Waals surface area contributed by atoms with Gasteiger partial charge in [0.2, 0.25) is 0 Å². The number of nitrogens with zero attached hydrogens (tertiary/aromatic N) is 3. The van der Waals surface area contributed by atoms with Crippen molar-refractivity contribution in [3.63, 3.8) is 0 Å². The maximum absolute atomic E-state index is 12.2. The van der Waals surface area contributed by atoms with Crippen LogP contribution in [0.1, 0.15) is 10.4 Å². The standard InChI is InChI=1S/C15H9Cl2N3O3/c16-11-6-3-5-10(13(11)17)15(22)23-8-20-14(21)9-4-1-2-7-12(9)18-19-20/h1-7H,8H2. The lowest BCUT2D eigenvalue weighted by Gasteiger charge is -2.08. The molecule has 0 aliphatic rings. The molecule has 0 amide bonds. The Morgan fingerprint density at radius 2 is 1.91 bits per heavy atom. The van der Waals surface area contributed by atoms with E-state index in [2.05, 4.69) is 10.3 Å². The minimum absolute atomic E-state index is 0.0936. The summed E-state index contributed by atoms with van der Waals surface area (Å²) in [5.74, 6) is -0.709. The summed E-state index contributed by atoms with van der Waals surface area (Å²) in [5, 5.41) is 8.35. The van der Waals surface area contributed by atoms with Gasteiger partial charge in [0.15, 0.2) is 6.73 Å². The van der Waals surface area contributed by atoms with Gasteiger partial charge in [0.05, 0.1) is 21.0 Å². The summed E-state index contributed by atoms with van der Waals surface area (Å²) in [5.41, 5.74) is 0.180. The summed E-state index contributed by atoms with van der Waals surface area (Å²) < 4.78 is 6.02. The third-order valence-electron chi connectivity index (χ3n) is 3.12. The van der Waals surface area contributed by atoms with Gasteiger partial charge in [-0.2, -0.15) is 4.68 Å². The summed E-state index contributed by atoms with van der Waals surface area (Å²) in [7, 11) is 0. The molecule has 3 aromatic rings. The van der Waals surface area contributed by atoms with Crippen LogP contribution in [-0.4, -0.2) is 21.0 Å². The number of benzene rings is 2. The predicted molar refractivity (Wildman–Crippen MR) is 85.7 cm³/mol. The molecule has 116 valence electrons. The second kappa shape index (κ2) is 6.36. The summed E-state index contributed by atoms with van der Waals surface area (Å²) in [4.78, 5) is 24.3. The van der Waals surface area contributed by atoms with E-state index in [1.165, 1.54) is 6.07 Å². The normalized spacial score (nSPS) is 10.7. The lowest BCUT2D eigenvalue weighted by atomic mass is 10.2. The average molecular weight is 350 g/mol. The smallest absolute Gasteiger partial charge is 0.341 e. The summed E-state index contributed by atoms with van der Waals surface area (Å²) in [6.07, 6.45) is 0. The molecule has 0 spiro atoms. The highest BCUT2D eigenvalue weighted by atomic mass is 35.5. The van der Waals surface area contributed by atoms with E-state index in [4.69, 9.17) is 27.9 Å². The molecule has 0 bridgehead atoms. The third kappa shape index (κ3) is 3.04. The van der Waals surface area contributed by atoms with Crippen molar-refractivity contribution in [1.29, 1.82) is 0 Å². The molecule has 0 N–H and O–H groups in total. The highest BCUT2D eigenvalue weighted by molar-refractivity contribution is 6.43. The topological polar surface area (TPSA) is 74.1 Å². The number of hydrogen-bond acceptors (Lipinski definition) is 5. The number of aromatic nitrogens is 3. The molecule has 0 aliphatic carbocycles. The quantitative estimate of drug-likeness (QED) is 0.679. The molecule has 8 heteroatoms. The zero-order valence-electron chi connectivity index (χ0n) is 11.6. The van der Waals surface area contributed by atoms with E-state index in [-0.39, 0.29) is 22.3 Å². The maximum Gasteiger partial charge on any atom is 0.341 e. The molecule has 0 aliphatic heterocycles. The largest absolute Gasteiger partial charge is 0.438 e. The highest BCUT2D eigenvalue weighted by Crippen LogP contribution is 2.26. The van der Waals surface area contributed by atoms with Crippen LogP contribution in [0.3, 0.4) is 0 Å². The fourth-order valence-corrected chi connectivity index (χ4v) is 2.34. The summed E-state index contributed by atoms with van der Waals surface area (Å²) in [6, 6.07) is 11.4. The first-order valence-corrected chi connectivity index (χ1v) is 7.27. The van der Waals surface area contributed by atoms with Crippen molar-refractivity contribution in [2.75, 3.05) is 0 Å². The molecule has 0 saturated heterocycles. The lowest BCUT2D eigenvalue weighted by molar-refractivity contribution is 0.0336. The number of ether oxygens (including phenoxy) is 1. The molecule has 6 nitrogen and oxygen atoms in total. The first-order chi connectivity index (χ1) is 11.1. The fourth-order valence-electron chi connectivity index (χ4n) is 1.97. The van der Waals surface area contributed by atoms with Gasteiger partial charge in [-0.1, -0.05) is 46.6 Å². The van der Waals surface area contributed by atoms with E-state index >= 15 is 0 Å². The number of carbonyl (C=O) groups excluding carboxylic acids is 1. The van der Waals surface area contributed by atoms with Gasteiger partial charge in [-0.15, -0.1) is 5.10 Å². The zero-order chi connectivity index (χ0) is 16.4. The van der Waals surface area contributed by atoms with E-state index in [1.54, 1.807) is 36.4 Å². The van der Waals surface area contributed by atoms with Crippen molar-refractivity contribution >= 4 is 40.1 Å². The van der Waals surface area contributed by atoms with Crippen molar-refractivity contribution in [3.05, 3.63) is 68.4 Å². The van der Waals surface area contributed by atoms with E-state index < -0.39 is 11.5 Å². The first kappa shape index (κ1) is 15.5. The van der Waals surface area contributed by atoms with Gasteiger partial charge in [-0.05, 0) is 24.3 Å². The van der Waals surface area contributed by atoms with Gasteiger partial charge >= 0.3 is 5.97 Å². The van der Waals surface area contributed by atoms with E-state index in [0.717, 1.165) is 4.68 Å². The average Bonchev–Trinajstić information content (AvgIpc) is 2.57. The van der Waals surface area contributed by atoms with Gasteiger partial charge in [0.25, 0.3) is 5.56 Å². The number of rotatable bonds is 3. The Labute approximate surface area is 140 Å². The Morgan fingerprint density at radius 1 is 1.13 bits per heavy atom. The number of hydrogen-bond donors (Lipinski definition) is 0. The number of esters is 1. The van der Waals surface area contributed by atoms with Crippen LogP contribution in [0.25, 0.3) is 10.9 Å². The van der Waals surface area contributed by atoms with E-state index in [1.807, 2.05) is 0 Å². The number of fused-ring (bicyclic) bond motifs is 1. The van der Waals surface area contributed by atoms with Gasteiger partial charge in [0, 0.05) is 0 Å². The van der Waals surface area contributed by atoms with Crippen molar-refractivity contribution in [2.45, 2.75) is 6.73 Å². The molecule has 0 unspecified atom stereocenters. The van der Waals surface area contributed by atoms with Crippen LogP contribution in [0.4, 0.5) is 0 Å². The summed E-state index contributed by atoms with van der Waals surface area (Å²) >= 11 is 11.8. The third-order valence-corrected chi connectivity index (χ3v) is 3.94. The van der Waals surface area contributed by atoms with Crippen molar-refractivity contribution < 1.29 is 9.53 Å². The van der Waals surface area contributed by atoms with Crippen LogP contribution < -0.4 is 5.56 Å². The second-order valence-electron chi connectivity index (χ2n) is 4.57. The predicted octanol–water partition coefficient (Wildman–Crippen LogP) is 2.91. The van der Waals surface area contributed by atoms with Gasteiger partial charge in [0.1, 0.15) is 5.52 Å². The SMILES string of the molecule is O=C(OCn1nnc2ccccc2c1=O)c1cccc(Cl)c1Cl. The molecule has 3 rings (SSSR count). The Bertz CT molecular complexity index is 956. The molecule has 2 aromatic carbocycles. The van der Waals surface area contributed by atoms with Crippen LogP contribution in [0.2, 0.25) is 10.0 Å². The highest BCUT2D eigenvalue weighted by Gasteiger charge is 2.15. The molecule has 0 atom stereocenters. The van der Waals surface area contributed by atoms with Crippen molar-refractivity contribution in [3.8, 4) is 0 Å². The van der Waals surface area contributed by atoms with E-state index in [0.29, 0.717) is 10.9 Å². The van der Waals surface area contributed by atoms with Crippen LogP contribution in [0, 0.1) is 0 Å². The Kier molecular flexibility index (Phi) is 4.27. The monoisotopic (exact) mass is 349 g/mol. The fraction of sp³-hybridized carbons (Fsp3) is 0.0667. The molecule has 1 heterocycles. The molecular formula is C15H9Cl2N3O3. The van der Waals surface area contributed by atoms with Crippen LogP contribution in [-0.2, 0) is 11.5 Å². The number of halogens is 2. The first-order valence-electron chi connectivity index (χ1n) is 6.51. The molecule has 23 heavy (non-hydrogen) atoms. The minimum atomic E-state index is -0.709. The van der Waals surface area contributed by atoms with Gasteiger partial charge in [-0.3, -0.25) is 4.79 Å². The lowest BCUT2D eigenvalue weighted by Crippen LogP contribution is -2.26. The van der Waals surface area contributed by atoms with E-state index in [9.17, 15) is 9.59 Å². The molecular weight excluding hydrogens is 341 g/mol. The van der Waals surface area contributed by atoms with Gasteiger partial charge < -0.3 is 4.74 Å². The molecule has 0 fully saturated rings. The minimum Gasteiger partial charge on any atom is -0.438 e. The van der Waals surface area contributed by atoms with Crippen molar-refractivity contribution in [1.82, 2.24) is 15.0 Å². The van der Waals surface area contributed by atoms with Crippen LogP contribution >= 0.6 is 23.2 Å². The Morgan fingerprint density at radius 3 is 2.74 bits per heavy atom. The molecule has 1 aromatic heterocycles. The maximum atomic E-state index is 12.2. The van der Waals surface area contributed by atoms with Gasteiger partial charge in [-0.25, -0.2) is 4.79 Å². The molecule has 0 saturated carbocycles. The number of carbonyl (C=O) groups is 1. The zero-order valence-corrected chi connectivity index (χ0v) is 13.1.